The number of benzene rings is 1. The molecular weight excluding hydrogens is 247 g/mol. The fraction of sp³-hybridized carbons (Fsp3) is 0.500. The first-order chi connectivity index (χ1) is 7.50. The Morgan fingerprint density at radius 1 is 1.44 bits per heavy atom. The van der Waals surface area contributed by atoms with Crippen molar-refractivity contribution in [2.45, 2.75) is 31.6 Å². The van der Waals surface area contributed by atoms with Gasteiger partial charge in [-0.3, -0.25) is 0 Å². The number of aliphatic hydroxyl groups is 1. The lowest BCUT2D eigenvalue weighted by molar-refractivity contribution is 0.200. The molecule has 90 valence electrons. The fourth-order valence-corrected chi connectivity index (χ4v) is 2.25. The van der Waals surface area contributed by atoms with Crippen LogP contribution in [-0.2, 0) is 6.42 Å². The summed E-state index contributed by atoms with van der Waals surface area (Å²) >= 11 is 7.49. The Morgan fingerprint density at radius 3 is 2.75 bits per heavy atom. The molecule has 1 rings (SSSR count). The molecular formula is C12H16ClFOS. The van der Waals surface area contributed by atoms with Crippen LogP contribution in [0.5, 0.6) is 0 Å². The third kappa shape index (κ3) is 4.32. The molecule has 0 bridgehead atoms. The van der Waals surface area contributed by atoms with E-state index in [-0.39, 0.29) is 5.02 Å². The van der Waals surface area contributed by atoms with Gasteiger partial charge in [0, 0.05) is 12.2 Å². The summed E-state index contributed by atoms with van der Waals surface area (Å²) in [6.07, 6.45) is -0.0808. The lowest BCUT2D eigenvalue weighted by atomic mass is 10.1. The average molecular weight is 263 g/mol. The number of halogens is 2. The van der Waals surface area contributed by atoms with Gasteiger partial charge in [0.2, 0.25) is 0 Å². The highest BCUT2D eigenvalue weighted by molar-refractivity contribution is 7.99. The van der Waals surface area contributed by atoms with Crippen molar-refractivity contribution in [1.29, 1.82) is 0 Å². The monoisotopic (exact) mass is 262 g/mol. The molecule has 0 aromatic heterocycles. The van der Waals surface area contributed by atoms with Crippen LogP contribution in [-0.4, -0.2) is 22.2 Å². The molecule has 1 aromatic rings. The molecule has 1 unspecified atom stereocenters. The molecule has 0 saturated carbocycles. The Bertz CT molecular complexity index is 344. The number of thioether (sulfide) groups is 1. The van der Waals surface area contributed by atoms with Crippen molar-refractivity contribution in [3.05, 3.63) is 34.6 Å². The van der Waals surface area contributed by atoms with Gasteiger partial charge in [0.1, 0.15) is 5.82 Å². The minimum atomic E-state index is -0.480. The Labute approximate surface area is 105 Å². The predicted molar refractivity (Wildman–Crippen MR) is 68.7 cm³/mol. The van der Waals surface area contributed by atoms with Crippen molar-refractivity contribution in [2.75, 3.05) is 5.75 Å². The van der Waals surface area contributed by atoms with E-state index in [0.717, 1.165) is 0 Å². The molecule has 1 aromatic carbocycles. The van der Waals surface area contributed by atoms with Crippen LogP contribution in [0.1, 0.15) is 19.4 Å². The maximum absolute atomic E-state index is 13.1. The smallest absolute Gasteiger partial charge is 0.142 e. The number of aliphatic hydroxyl groups excluding tert-OH is 1. The number of rotatable bonds is 5. The normalized spacial score (nSPS) is 13.1. The van der Waals surface area contributed by atoms with Gasteiger partial charge in [0.25, 0.3) is 0 Å². The number of hydrogen-bond acceptors (Lipinski definition) is 2. The molecule has 0 aliphatic rings. The highest BCUT2D eigenvalue weighted by atomic mass is 35.5. The summed E-state index contributed by atoms with van der Waals surface area (Å²) in [6.45, 7) is 4.15. The van der Waals surface area contributed by atoms with E-state index in [9.17, 15) is 9.50 Å². The molecule has 0 radical (unpaired) electrons. The second-order valence-electron chi connectivity index (χ2n) is 3.95. The topological polar surface area (TPSA) is 20.2 Å². The van der Waals surface area contributed by atoms with E-state index in [4.69, 9.17) is 11.6 Å². The van der Waals surface area contributed by atoms with Crippen molar-refractivity contribution < 1.29 is 9.50 Å². The molecule has 0 amide bonds. The first-order valence-electron chi connectivity index (χ1n) is 5.23. The largest absolute Gasteiger partial charge is 0.392 e. The molecule has 4 heteroatoms. The van der Waals surface area contributed by atoms with Gasteiger partial charge in [-0.05, 0) is 16.9 Å². The van der Waals surface area contributed by atoms with E-state index in [1.165, 1.54) is 6.07 Å². The van der Waals surface area contributed by atoms with Crippen LogP contribution in [0.15, 0.2) is 18.2 Å². The van der Waals surface area contributed by atoms with Gasteiger partial charge < -0.3 is 5.11 Å². The van der Waals surface area contributed by atoms with Crippen molar-refractivity contribution >= 4 is 23.4 Å². The third-order valence-electron chi connectivity index (χ3n) is 2.11. The van der Waals surface area contributed by atoms with E-state index >= 15 is 0 Å². The van der Waals surface area contributed by atoms with Crippen LogP contribution in [0.25, 0.3) is 0 Å². The summed E-state index contributed by atoms with van der Waals surface area (Å²) in [6, 6.07) is 4.68. The quantitative estimate of drug-likeness (QED) is 0.876. The van der Waals surface area contributed by atoms with Gasteiger partial charge in [0.15, 0.2) is 0 Å². The molecule has 1 atom stereocenters. The SMILES string of the molecule is CC(C)SCC(O)Cc1cccc(F)c1Cl. The Hall–Kier alpha value is -0.250. The lowest BCUT2D eigenvalue weighted by Gasteiger charge is -2.13. The number of hydrogen-bond donors (Lipinski definition) is 1. The summed E-state index contributed by atoms with van der Waals surface area (Å²) in [5.41, 5.74) is 0.665. The standard InChI is InChI=1S/C12H16ClFOS/c1-8(2)16-7-10(15)6-9-4-3-5-11(14)12(9)13/h3-5,8,10,15H,6-7H2,1-2H3. The van der Waals surface area contributed by atoms with Gasteiger partial charge in [-0.1, -0.05) is 37.6 Å². The second kappa shape index (κ2) is 6.48. The van der Waals surface area contributed by atoms with E-state index < -0.39 is 11.9 Å². The minimum absolute atomic E-state index is 0.121. The molecule has 0 spiro atoms. The second-order valence-corrected chi connectivity index (χ2v) is 5.94. The summed E-state index contributed by atoms with van der Waals surface area (Å²) in [4.78, 5) is 0. The van der Waals surface area contributed by atoms with Crippen LogP contribution in [0.2, 0.25) is 5.02 Å². The Kier molecular flexibility index (Phi) is 5.59. The zero-order valence-corrected chi connectivity index (χ0v) is 11.0. The fourth-order valence-electron chi connectivity index (χ4n) is 1.32. The van der Waals surface area contributed by atoms with Crippen LogP contribution in [0.3, 0.4) is 0 Å². The highest BCUT2D eigenvalue weighted by Crippen LogP contribution is 2.22. The van der Waals surface area contributed by atoms with Gasteiger partial charge in [0.05, 0.1) is 11.1 Å². The van der Waals surface area contributed by atoms with E-state index in [1.54, 1.807) is 23.9 Å². The summed E-state index contributed by atoms with van der Waals surface area (Å²) < 4.78 is 13.1. The molecule has 0 saturated heterocycles. The van der Waals surface area contributed by atoms with Crippen molar-refractivity contribution in [1.82, 2.24) is 0 Å². The first-order valence-corrected chi connectivity index (χ1v) is 6.66. The van der Waals surface area contributed by atoms with E-state index in [2.05, 4.69) is 13.8 Å². The molecule has 0 fully saturated rings. The molecule has 0 aliphatic carbocycles. The van der Waals surface area contributed by atoms with Gasteiger partial charge in [-0.25, -0.2) is 4.39 Å². The summed E-state index contributed by atoms with van der Waals surface area (Å²) in [5, 5.41) is 10.4. The van der Waals surface area contributed by atoms with Crippen LogP contribution >= 0.6 is 23.4 Å². The molecule has 1 N–H and O–H groups in total. The maximum Gasteiger partial charge on any atom is 0.142 e. The Balaban J connectivity index is 2.56. The van der Waals surface area contributed by atoms with E-state index in [0.29, 0.717) is 23.0 Å². The van der Waals surface area contributed by atoms with Crippen LogP contribution in [0, 0.1) is 5.82 Å². The van der Waals surface area contributed by atoms with E-state index in [1.807, 2.05) is 0 Å². The van der Waals surface area contributed by atoms with Crippen LogP contribution in [0.4, 0.5) is 4.39 Å². The van der Waals surface area contributed by atoms with Gasteiger partial charge in [-0.15, -0.1) is 0 Å². The molecule has 1 nitrogen and oxygen atoms in total. The zero-order chi connectivity index (χ0) is 12.1. The maximum atomic E-state index is 13.1. The highest BCUT2D eigenvalue weighted by Gasteiger charge is 2.11. The summed E-state index contributed by atoms with van der Waals surface area (Å²) in [7, 11) is 0. The molecule has 16 heavy (non-hydrogen) atoms. The van der Waals surface area contributed by atoms with Crippen molar-refractivity contribution in [3.63, 3.8) is 0 Å². The third-order valence-corrected chi connectivity index (χ3v) is 3.78. The average Bonchev–Trinajstić information content (AvgIpc) is 2.22. The van der Waals surface area contributed by atoms with Crippen LogP contribution < -0.4 is 0 Å². The lowest BCUT2D eigenvalue weighted by Crippen LogP contribution is -2.15. The first kappa shape index (κ1) is 13.8. The Morgan fingerprint density at radius 2 is 2.12 bits per heavy atom. The van der Waals surface area contributed by atoms with Gasteiger partial charge in [-0.2, -0.15) is 11.8 Å². The predicted octanol–water partition coefficient (Wildman–Crippen LogP) is 3.52. The minimum Gasteiger partial charge on any atom is -0.392 e. The summed E-state index contributed by atoms with van der Waals surface area (Å²) in [5.74, 6) is 0.215. The van der Waals surface area contributed by atoms with Crippen molar-refractivity contribution in [2.24, 2.45) is 0 Å². The molecule has 0 aliphatic heterocycles. The zero-order valence-electron chi connectivity index (χ0n) is 9.41. The molecule has 0 heterocycles. The van der Waals surface area contributed by atoms with Gasteiger partial charge >= 0.3 is 0 Å². The van der Waals surface area contributed by atoms with Crippen molar-refractivity contribution in [3.8, 4) is 0 Å².